The van der Waals surface area contributed by atoms with Gasteiger partial charge >= 0.3 is 0 Å². The first-order chi connectivity index (χ1) is 15.1. The van der Waals surface area contributed by atoms with E-state index >= 15 is 0 Å². The summed E-state index contributed by atoms with van der Waals surface area (Å²) < 4.78 is 40.7. The summed E-state index contributed by atoms with van der Waals surface area (Å²) in [5, 5.41) is 79.5. The predicted molar refractivity (Wildman–Crippen MR) is 97.3 cm³/mol. The second-order valence-electron chi connectivity index (χ2n) is 8.16. The Bertz CT molecular complexity index is 587. The average molecular weight is 474 g/mol. The quantitative estimate of drug-likeness (QED) is 0.183. The van der Waals surface area contributed by atoms with E-state index < -0.39 is 99.3 Å². The first kappa shape index (κ1) is 26.0. The molecular formula is C18H31FO13. The van der Waals surface area contributed by atoms with Crippen LogP contribution in [0.3, 0.4) is 0 Å². The molecule has 3 fully saturated rings. The minimum Gasteiger partial charge on any atom is -0.394 e. The fourth-order valence-corrected chi connectivity index (χ4v) is 3.96. The summed E-state index contributed by atoms with van der Waals surface area (Å²) in [6, 6.07) is 0. The van der Waals surface area contributed by atoms with E-state index in [9.17, 15) is 45.2 Å². The molecule has 0 saturated carbocycles. The molecule has 3 aliphatic rings. The molecule has 0 aliphatic carbocycles. The van der Waals surface area contributed by atoms with E-state index in [0.717, 1.165) is 0 Å². The molecule has 0 bridgehead atoms. The summed E-state index contributed by atoms with van der Waals surface area (Å²) in [5.41, 5.74) is 0. The molecule has 188 valence electrons. The molecule has 0 amide bonds. The van der Waals surface area contributed by atoms with Gasteiger partial charge in [0.05, 0.1) is 25.4 Å². The summed E-state index contributed by atoms with van der Waals surface area (Å²) in [6.07, 6.45) is -21.5. The van der Waals surface area contributed by atoms with Crippen LogP contribution < -0.4 is 0 Å². The second-order valence-corrected chi connectivity index (χ2v) is 8.16. The van der Waals surface area contributed by atoms with Gasteiger partial charge in [0, 0.05) is 6.42 Å². The van der Waals surface area contributed by atoms with Crippen molar-refractivity contribution in [2.24, 2.45) is 0 Å². The zero-order chi connectivity index (χ0) is 23.7. The summed E-state index contributed by atoms with van der Waals surface area (Å²) in [4.78, 5) is 0. The van der Waals surface area contributed by atoms with Crippen LogP contribution in [0.15, 0.2) is 0 Å². The van der Waals surface area contributed by atoms with E-state index in [2.05, 4.69) is 0 Å². The molecule has 3 aliphatic heterocycles. The fraction of sp³-hybridized carbons (Fsp3) is 1.00. The Hall–Kier alpha value is -0.590. The Morgan fingerprint density at radius 2 is 1.38 bits per heavy atom. The number of aliphatic hydroxyl groups excluding tert-OH is 8. The summed E-state index contributed by atoms with van der Waals surface area (Å²) in [5.74, 6) is 0. The molecule has 14 atom stereocenters. The highest BCUT2D eigenvalue weighted by atomic mass is 19.1. The molecule has 8 N–H and O–H groups in total. The molecule has 0 aromatic carbocycles. The van der Waals surface area contributed by atoms with E-state index in [1.54, 1.807) is 0 Å². The van der Waals surface area contributed by atoms with Gasteiger partial charge in [0.2, 0.25) is 6.36 Å². The molecule has 12 unspecified atom stereocenters. The number of hydrogen-bond acceptors (Lipinski definition) is 13. The molecule has 13 nitrogen and oxygen atoms in total. The lowest BCUT2D eigenvalue weighted by atomic mass is 9.97. The van der Waals surface area contributed by atoms with Gasteiger partial charge < -0.3 is 64.5 Å². The molecule has 3 saturated heterocycles. The summed E-state index contributed by atoms with van der Waals surface area (Å²) >= 11 is 0. The number of hydrogen-bond donors (Lipinski definition) is 8. The molecule has 3 rings (SSSR count). The van der Waals surface area contributed by atoms with Crippen molar-refractivity contribution in [2.75, 3.05) is 13.2 Å². The van der Waals surface area contributed by atoms with Crippen molar-refractivity contribution in [3.63, 3.8) is 0 Å². The first-order valence-corrected chi connectivity index (χ1v) is 10.3. The topological polar surface area (TPSA) is 208 Å². The molecule has 32 heavy (non-hydrogen) atoms. The normalized spacial score (nSPS) is 52.7. The van der Waals surface area contributed by atoms with Gasteiger partial charge in [-0.25, -0.2) is 4.39 Å². The zero-order valence-electron chi connectivity index (χ0n) is 17.2. The first-order valence-electron chi connectivity index (χ1n) is 10.3. The van der Waals surface area contributed by atoms with Gasteiger partial charge in [-0.2, -0.15) is 0 Å². The van der Waals surface area contributed by atoms with Gasteiger partial charge in [0.15, 0.2) is 12.6 Å². The minimum absolute atomic E-state index is 0.197. The number of aliphatic hydroxyl groups is 8. The van der Waals surface area contributed by atoms with Crippen molar-refractivity contribution >= 4 is 0 Å². The Kier molecular flexibility index (Phi) is 8.76. The fourth-order valence-electron chi connectivity index (χ4n) is 3.96. The van der Waals surface area contributed by atoms with Crippen LogP contribution in [0.25, 0.3) is 0 Å². The van der Waals surface area contributed by atoms with Crippen LogP contribution in [0.5, 0.6) is 0 Å². The van der Waals surface area contributed by atoms with E-state index in [1.165, 1.54) is 6.92 Å². The van der Waals surface area contributed by atoms with Crippen LogP contribution in [0.2, 0.25) is 0 Å². The van der Waals surface area contributed by atoms with Crippen LogP contribution in [0, 0.1) is 0 Å². The monoisotopic (exact) mass is 474 g/mol. The highest BCUT2D eigenvalue weighted by Crippen LogP contribution is 2.32. The van der Waals surface area contributed by atoms with Crippen molar-refractivity contribution in [2.45, 2.75) is 99.4 Å². The van der Waals surface area contributed by atoms with Crippen molar-refractivity contribution in [1.29, 1.82) is 0 Å². The van der Waals surface area contributed by atoms with Gasteiger partial charge in [0.1, 0.15) is 54.9 Å². The van der Waals surface area contributed by atoms with E-state index in [-0.39, 0.29) is 6.42 Å². The molecule has 0 aromatic heterocycles. The van der Waals surface area contributed by atoms with Crippen LogP contribution in [-0.4, -0.2) is 140 Å². The Morgan fingerprint density at radius 1 is 0.750 bits per heavy atom. The lowest BCUT2D eigenvalue weighted by Gasteiger charge is -2.47. The Morgan fingerprint density at radius 3 is 1.97 bits per heavy atom. The third kappa shape index (κ3) is 5.22. The van der Waals surface area contributed by atoms with Crippen molar-refractivity contribution in [1.82, 2.24) is 0 Å². The van der Waals surface area contributed by atoms with E-state index in [1.807, 2.05) is 0 Å². The highest BCUT2D eigenvalue weighted by molar-refractivity contribution is 4.95. The molecular weight excluding hydrogens is 443 g/mol. The second kappa shape index (κ2) is 10.8. The number of alkyl halides is 1. The van der Waals surface area contributed by atoms with Gasteiger partial charge in [-0.1, -0.05) is 0 Å². The number of halogens is 1. The molecule has 14 heteroatoms. The zero-order valence-corrected chi connectivity index (χ0v) is 17.2. The molecule has 0 radical (unpaired) electrons. The maximum Gasteiger partial charge on any atom is 0.228 e. The lowest BCUT2D eigenvalue weighted by molar-refractivity contribution is -0.374. The average Bonchev–Trinajstić information content (AvgIpc) is 2.76. The summed E-state index contributed by atoms with van der Waals surface area (Å²) in [7, 11) is 0. The lowest BCUT2D eigenvalue weighted by Crippen LogP contribution is -2.65. The maximum absolute atomic E-state index is 13.7. The molecule has 0 spiro atoms. The highest BCUT2D eigenvalue weighted by Gasteiger charge is 2.52. The van der Waals surface area contributed by atoms with Gasteiger partial charge in [-0.05, 0) is 6.92 Å². The van der Waals surface area contributed by atoms with Crippen molar-refractivity contribution in [3.8, 4) is 0 Å². The Labute approximate surface area is 182 Å². The van der Waals surface area contributed by atoms with E-state index in [4.69, 9.17) is 23.7 Å². The number of ether oxygens (including phenoxy) is 5. The van der Waals surface area contributed by atoms with Crippen LogP contribution >= 0.6 is 0 Å². The van der Waals surface area contributed by atoms with E-state index in [0.29, 0.717) is 0 Å². The predicted octanol–water partition coefficient (Wildman–Crippen LogP) is -4.54. The van der Waals surface area contributed by atoms with Crippen molar-refractivity contribution < 1.29 is 68.9 Å². The molecule has 0 aromatic rings. The van der Waals surface area contributed by atoms with Crippen LogP contribution in [-0.2, 0) is 23.7 Å². The minimum atomic E-state index is -2.29. The Balaban J connectivity index is 1.79. The van der Waals surface area contributed by atoms with Gasteiger partial charge in [-0.15, -0.1) is 0 Å². The third-order valence-corrected chi connectivity index (χ3v) is 5.91. The van der Waals surface area contributed by atoms with Gasteiger partial charge in [0.25, 0.3) is 0 Å². The van der Waals surface area contributed by atoms with Crippen molar-refractivity contribution in [3.05, 3.63) is 0 Å². The molecule has 3 heterocycles. The van der Waals surface area contributed by atoms with Crippen LogP contribution in [0.1, 0.15) is 13.3 Å². The van der Waals surface area contributed by atoms with Gasteiger partial charge in [-0.3, -0.25) is 0 Å². The standard InChI is InChI=1S/C18H31FO13/c1-5-10(23)6(22)2-9(28-5)31-16-12(25)11(24)7(3-20)30-18(16)32-15-8(4-21)29-17(19)14(27)13(15)26/h5-18,20-27H,2-4H2,1H3/t5?,6-,7?,8?,9+,10?,11?,12?,13?,14?,15?,16?,17?,18?/m1/s1. The maximum atomic E-state index is 13.7. The largest absolute Gasteiger partial charge is 0.394 e. The summed E-state index contributed by atoms with van der Waals surface area (Å²) in [6.45, 7) is -0.0395. The third-order valence-electron chi connectivity index (χ3n) is 5.91. The van der Waals surface area contributed by atoms with Crippen LogP contribution in [0.4, 0.5) is 4.39 Å². The SMILES string of the molecule is CC1O[C@@H](OC2C(OC3C(CO)OC(F)C(O)C3O)OC(CO)C(O)C2O)C[C@@H](O)C1O. The smallest absolute Gasteiger partial charge is 0.228 e. The number of rotatable bonds is 6.